The highest BCUT2D eigenvalue weighted by atomic mass is 32.1. The van der Waals surface area contributed by atoms with E-state index in [4.69, 9.17) is 4.74 Å². The first-order valence-corrected chi connectivity index (χ1v) is 9.06. The van der Waals surface area contributed by atoms with Crippen molar-refractivity contribution in [2.45, 2.75) is 38.8 Å². The summed E-state index contributed by atoms with van der Waals surface area (Å²) in [6, 6.07) is 10.1. The lowest BCUT2D eigenvalue weighted by atomic mass is 9.93. The summed E-state index contributed by atoms with van der Waals surface area (Å²) in [4.78, 5) is 16.2. The van der Waals surface area contributed by atoms with E-state index in [-0.39, 0.29) is 17.6 Å². The van der Waals surface area contributed by atoms with Gasteiger partial charge in [-0.15, -0.1) is 11.3 Å². The van der Waals surface area contributed by atoms with Gasteiger partial charge in [-0.3, -0.25) is 0 Å². The largest absolute Gasteiger partial charge is 0.497 e. The lowest BCUT2D eigenvalue weighted by Crippen LogP contribution is -2.51. The van der Waals surface area contributed by atoms with Crippen molar-refractivity contribution in [3.63, 3.8) is 0 Å². The SMILES string of the molecule is COc1ccc([C@@H]2c3ccsc3CCN2C(=O)NC(C)(C)C)cc1. The molecular weight excluding hydrogens is 320 g/mol. The third-order valence-electron chi connectivity index (χ3n) is 4.14. The van der Waals surface area contributed by atoms with E-state index in [1.165, 1.54) is 10.4 Å². The number of hydrogen-bond donors (Lipinski definition) is 1. The van der Waals surface area contributed by atoms with Crippen LogP contribution in [0.15, 0.2) is 35.7 Å². The third kappa shape index (κ3) is 3.41. The Morgan fingerprint density at radius 1 is 1.25 bits per heavy atom. The molecule has 1 N–H and O–H groups in total. The highest BCUT2D eigenvalue weighted by molar-refractivity contribution is 7.10. The smallest absolute Gasteiger partial charge is 0.318 e. The van der Waals surface area contributed by atoms with Gasteiger partial charge < -0.3 is 15.0 Å². The zero-order valence-corrected chi connectivity index (χ0v) is 15.4. The van der Waals surface area contributed by atoms with Gasteiger partial charge in [-0.25, -0.2) is 4.79 Å². The molecule has 1 atom stereocenters. The minimum Gasteiger partial charge on any atom is -0.497 e. The molecule has 0 aliphatic carbocycles. The maximum Gasteiger partial charge on any atom is 0.318 e. The zero-order chi connectivity index (χ0) is 17.3. The summed E-state index contributed by atoms with van der Waals surface area (Å²) in [7, 11) is 1.66. The number of nitrogens with one attached hydrogen (secondary N) is 1. The van der Waals surface area contributed by atoms with Gasteiger partial charge in [0.05, 0.1) is 13.2 Å². The molecule has 0 saturated heterocycles. The number of carbonyl (C=O) groups is 1. The summed E-state index contributed by atoms with van der Waals surface area (Å²) in [5.74, 6) is 0.825. The molecule has 2 heterocycles. The van der Waals surface area contributed by atoms with Crippen molar-refractivity contribution in [3.8, 4) is 5.75 Å². The quantitative estimate of drug-likeness (QED) is 0.886. The van der Waals surface area contributed by atoms with Crippen LogP contribution in [0.3, 0.4) is 0 Å². The molecule has 2 aromatic rings. The Morgan fingerprint density at radius 2 is 1.96 bits per heavy atom. The van der Waals surface area contributed by atoms with Gasteiger partial charge in [-0.1, -0.05) is 12.1 Å². The van der Waals surface area contributed by atoms with Gasteiger partial charge in [0.2, 0.25) is 0 Å². The van der Waals surface area contributed by atoms with E-state index >= 15 is 0 Å². The van der Waals surface area contributed by atoms with Crippen molar-refractivity contribution >= 4 is 17.4 Å². The highest BCUT2D eigenvalue weighted by Gasteiger charge is 2.33. The second kappa shape index (κ2) is 6.48. The summed E-state index contributed by atoms with van der Waals surface area (Å²) >= 11 is 1.78. The number of fused-ring (bicyclic) bond motifs is 1. The fourth-order valence-electron chi connectivity index (χ4n) is 3.07. The Labute approximate surface area is 147 Å². The number of benzene rings is 1. The summed E-state index contributed by atoms with van der Waals surface area (Å²) in [5.41, 5.74) is 2.09. The Bertz CT molecular complexity index is 716. The van der Waals surface area contributed by atoms with Gasteiger partial charge in [-0.2, -0.15) is 0 Å². The average Bonchev–Trinajstić information content (AvgIpc) is 3.01. The molecule has 0 saturated carbocycles. The Morgan fingerprint density at radius 3 is 2.58 bits per heavy atom. The van der Waals surface area contributed by atoms with E-state index in [2.05, 4.69) is 16.8 Å². The highest BCUT2D eigenvalue weighted by Crippen LogP contribution is 2.38. The minimum absolute atomic E-state index is 0.0137. The number of nitrogens with zero attached hydrogens (tertiary/aromatic N) is 1. The van der Waals surface area contributed by atoms with Gasteiger partial charge in [0.1, 0.15) is 5.75 Å². The second-order valence-corrected chi connectivity index (χ2v) is 8.10. The first-order valence-electron chi connectivity index (χ1n) is 8.18. The monoisotopic (exact) mass is 344 g/mol. The summed E-state index contributed by atoms with van der Waals surface area (Å²) < 4.78 is 5.26. The lowest BCUT2D eigenvalue weighted by molar-refractivity contribution is 0.172. The van der Waals surface area contributed by atoms with E-state index in [0.29, 0.717) is 0 Å². The number of hydrogen-bond acceptors (Lipinski definition) is 3. The molecule has 0 spiro atoms. The summed E-state index contributed by atoms with van der Waals surface area (Å²) in [6.07, 6.45) is 0.914. The molecule has 1 aliphatic rings. The van der Waals surface area contributed by atoms with E-state index in [1.807, 2.05) is 49.9 Å². The van der Waals surface area contributed by atoms with Crippen LogP contribution >= 0.6 is 11.3 Å². The number of methoxy groups -OCH3 is 1. The van der Waals surface area contributed by atoms with Crippen LogP contribution in [0.4, 0.5) is 4.79 Å². The summed E-state index contributed by atoms with van der Waals surface area (Å²) in [6.45, 7) is 6.75. The first-order chi connectivity index (χ1) is 11.4. The van der Waals surface area contributed by atoms with E-state index in [1.54, 1.807) is 18.4 Å². The molecule has 4 nitrogen and oxygen atoms in total. The zero-order valence-electron chi connectivity index (χ0n) is 14.6. The molecule has 2 amide bonds. The molecular formula is C19H24N2O2S. The first kappa shape index (κ1) is 16.8. The maximum atomic E-state index is 12.8. The topological polar surface area (TPSA) is 41.6 Å². The van der Waals surface area contributed by atoms with Crippen LogP contribution in [0.25, 0.3) is 0 Å². The molecule has 0 unspecified atom stereocenters. The standard InChI is InChI=1S/C19H24N2O2S/c1-19(2,3)20-18(22)21-11-9-16-15(10-12-24-16)17(21)13-5-7-14(23-4)8-6-13/h5-8,10,12,17H,9,11H2,1-4H3,(H,20,22)/t17-/m1/s1. The van der Waals surface area contributed by atoms with Crippen LogP contribution in [-0.2, 0) is 6.42 Å². The van der Waals surface area contributed by atoms with E-state index in [0.717, 1.165) is 24.3 Å². The van der Waals surface area contributed by atoms with Crippen LogP contribution in [0.2, 0.25) is 0 Å². The molecule has 5 heteroatoms. The molecule has 3 rings (SSSR count). The third-order valence-corrected chi connectivity index (χ3v) is 5.14. The Hall–Kier alpha value is -2.01. The van der Waals surface area contributed by atoms with Crippen LogP contribution in [0.1, 0.15) is 42.8 Å². The van der Waals surface area contributed by atoms with Crippen molar-refractivity contribution < 1.29 is 9.53 Å². The second-order valence-electron chi connectivity index (χ2n) is 7.10. The minimum atomic E-state index is -0.254. The number of amides is 2. The number of thiophene rings is 1. The molecule has 0 radical (unpaired) electrons. The molecule has 1 aliphatic heterocycles. The Balaban J connectivity index is 1.97. The summed E-state index contributed by atoms with van der Waals surface area (Å²) in [5, 5.41) is 5.22. The van der Waals surface area contributed by atoms with Crippen LogP contribution in [-0.4, -0.2) is 30.1 Å². The predicted octanol–water partition coefficient (Wildman–Crippen LogP) is 4.21. The fourth-order valence-corrected chi connectivity index (χ4v) is 3.98. The fraction of sp³-hybridized carbons (Fsp3) is 0.421. The lowest BCUT2D eigenvalue weighted by Gasteiger charge is -2.38. The molecule has 128 valence electrons. The van der Waals surface area contributed by atoms with Crippen molar-refractivity contribution in [2.75, 3.05) is 13.7 Å². The van der Waals surface area contributed by atoms with Gasteiger partial charge in [-0.05, 0) is 61.9 Å². The molecule has 1 aromatic carbocycles. The number of rotatable bonds is 2. The Kier molecular flexibility index (Phi) is 4.54. The molecule has 0 fully saturated rings. The number of carbonyl (C=O) groups excluding carboxylic acids is 1. The number of ether oxygens (including phenoxy) is 1. The average molecular weight is 344 g/mol. The van der Waals surface area contributed by atoms with Gasteiger partial charge in [0, 0.05) is 17.0 Å². The van der Waals surface area contributed by atoms with Crippen LogP contribution in [0, 0.1) is 0 Å². The van der Waals surface area contributed by atoms with Crippen LogP contribution in [0.5, 0.6) is 5.75 Å². The van der Waals surface area contributed by atoms with Gasteiger partial charge >= 0.3 is 6.03 Å². The van der Waals surface area contributed by atoms with Crippen molar-refractivity contribution in [3.05, 3.63) is 51.7 Å². The number of urea groups is 1. The molecule has 1 aromatic heterocycles. The van der Waals surface area contributed by atoms with Crippen molar-refractivity contribution in [1.29, 1.82) is 0 Å². The van der Waals surface area contributed by atoms with Crippen molar-refractivity contribution in [2.24, 2.45) is 0 Å². The van der Waals surface area contributed by atoms with Gasteiger partial charge in [0.15, 0.2) is 0 Å². The van der Waals surface area contributed by atoms with Crippen molar-refractivity contribution in [1.82, 2.24) is 10.2 Å². The van der Waals surface area contributed by atoms with E-state index in [9.17, 15) is 4.79 Å². The predicted molar refractivity (Wildman–Crippen MR) is 97.9 cm³/mol. The maximum absolute atomic E-state index is 12.8. The molecule has 0 bridgehead atoms. The molecule has 24 heavy (non-hydrogen) atoms. The van der Waals surface area contributed by atoms with Gasteiger partial charge in [0.25, 0.3) is 0 Å². The van der Waals surface area contributed by atoms with Crippen LogP contribution < -0.4 is 10.1 Å². The van der Waals surface area contributed by atoms with E-state index < -0.39 is 0 Å². The normalized spacial score (nSPS) is 17.3.